The lowest BCUT2D eigenvalue weighted by atomic mass is 10.2. The molecule has 0 radical (unpaired) electrons. The van der Waals surface area contributed by atoms with Gasteiger partial charge in [0.05, 0.1) is 19.3 Å². The summed E-state index contributed by atoms with van der Waals surface area (Å²) in [5.74, 6) is 0.134. The Bertz CT molecular complexity index is 175. The van der Waals surface area contributed by atoms with Gasteiger partial charge in [0, 0.05) is 20.2 Å². The number of nitrogens with two attached hydrogens (primary N) is 1. The van der Waals surface area contributed by atoms with E-state index in [9.17, 15) is 0 Å². The number of hydrogen-bond acceptors (Lipinski definition) is 5. The quantitative estimate of drug-likeness (QED) is 0.216. The maximum Gasteiger partial charge on any atom is 0.156 e. The zero-order valence-electron chi connectivity index (χ0n) is 8.68. The lowest BCUT2D eigenvalue weighted by Crippen LogP contribution is -2.45. The summed E-state index contributed by atoms with van der Waals surface area (Å²) in [4.78, 5) is 1.87. The van der Waals surface area contributed by atoms with Gasteiger partial charge in [-0.05, 0) is 6.92 Å². The highest BCUT2D eigenvalue weighted by atomic mass is 16.5. The standard InChI is InChI=1S/C8H19N3O3/c1-7(8(9)10-13)11(3-5-12)4-6-14-2/h7,12-13H,3-6H2,1-2H3,(H2,9,10). The number of nitrogens with zero attached hydrogens (tertiary/aromatic N) is 2. The Morgan fingerprint density at radius 3 is 2.64 bits per heavy atom. The molecule has 0 aromatic carbocycles. The van der Waals surface area contributed by atoms with Crippen molar-refractivity contribution >= 4 is 5.84 Å². The first-order valence-electron chi connectivity index (χ1n) is 4.48. The van der Waals surface area contributed by atoms with Crippen LogP contribution in [0.1, 0.15) is 6.92 Å². The number of aliphatic hydroxyl groups is 1. The van der Waals surface area contributed by atoms with Crippen LogP contribution in [0.4, 0.5) is 0 Å². The molecule has 0 bridgehead atoms. The average Bonchev–Trinajstić information content (AvgIpc) is 2.22. The van der Waals surface area contributed by atoms with Gasteiger partial charge in [-0.2, -0.15) is 0 Å². The lowest BCUT2D eigenvalue weighted by Gasteiger charge is -2.26. The van der Waals surface area contributed by atoms with Crippen molar-refractivity contribution in [1.82, 2.24) is 4.90 Å². The molecule has 0 aliphatic rings. The minimum atomic E-state index is -0.206. The molecule has 84 valence electrons. The van der Waals surface area contributed by atoms with Crippen LogP contribution in [-0.4, -0.2) is 60.5 Å². The summed E-state index contributed by atoms with van der Waals surface area (Å²) in [5, 5.41) is 20.2. The van der Waals surface area contributed by atoms with E-state index < -0.39 is 0 Å². The Hall–Kier alpha value is -0.850. The van der Waals surface area contributed by atoms with E-state index in [1.807, 2.05) is 4.90 Å². The maximum absolute atomic E-state index is 8.81. The van der Waals surface area contributed by atoms with Gasteiger partial charge < -0.3 is 20.8 Å². The highest BCUT2D eigenvalue weighted by Crippen LogP contribution is 1.98. The fourth-order valence-electron chi connectivity index (χ4n) is 1.11. The molecule has 0 amide bonds. The number of aliphatic hydroxyl groups excluding tert-OH is 1. The molecule has 1 unspecified atom stereocenters. The van der Waals surface area contributed by atoms with E-state index in [4.69, 9.17) is 20.8 Å². The Kier molecular flexibility index (Phi) is 7.09. The Morgan fingerprint density at radius 1 is 1.57 bits per heavy atom. The van der Waals surface area contributed by atoms with Gasteiger partial charge in [0.25, 0.3) is 0 Å². The van der Waals surface area contributed by atoms with Crippen LogP contribution in [0.5, 0.6) is 0 Å². The molecule has 0 spiro atoms. The number of amidine groups is 1. The molecule has 0 heterocycles. The van der Waals surface area contributed by atoms with Gasteiger partial charge in [-0.3, -0.25) is 4.90 Å². The molecule has 4 N–H and O–H groups in total. The summed E-state index contributed by atoms with van der Waals surface area (Å²) in [6, 6.07) is -0.206. The van der Waals surface area contributed by atoms with Crippen LogP contribution in [0.25, 0.3) is 0 Å². The fourth-order valence-corrected chi connectivity index (χ4v) is 1.11. The van der Waals surface area contributed by atoms with E-state index in [0.29, 0.717) is 19.7 Å². The normalized spacial score (nSPS) is 14.7. The number of methoxy groups -OCH3 is 1. The van der Waals surface area contributed by atoms with Gasteiger partial charge in [-0.1, -0.05) is 5.16 Å². The van der Waals surface area contributed by atoms with Crippen LogP contribution < -0.4 is 5.73 Å². The van der Waals surface area contributed by atoms with E-state index >= 15 is 0 Å². The third kappa shape index (κ3) is 4.40. The first-order valence-corrected chi connectivity index (χ1v) is 4.48. The zero-order chi connectivity index (χ0) is 11.0. The topological polar surface area (TPSA) is 91.3 Å². The van der Waals surface area contributed by atoms with Crippen molar-refractivity contribution < 1.29 is 15.1 Å². The number of oxime groups is 1. The Labute approximate surface area is 83.9 Å². The highest BCUT2D eigenvalue weighted by molar-refractivity contribution is 5.84. The lowest BCUT2D eigenvalue weighted by molar-refractivity contribution is 0.122. The summed E-state index contributed by atoms with van der Waals surface area (Å²) in [6.07, 6.45) is 0. The molecular weight excluding hydrogens is 186 g/mol. The van der Waals surface area contributed by atoms with Crippen molar-refractivity contribution in [3.8, 4) is 0 Å². The number of ether oxygens (including phenoxy) is 1. The van der Waals surface area contributed by atoms with Gasteiger partial charge in [-0.25, -0.2) is 0 Å². The average molecular weight is 205 g/mol. The van der Waals surface area contributed by atoms with Crippen molar-refractivity contribution in [2.75, 3.05) is 33.4 Å². The first-order chi connectivity index (χ1) is 6.67. The molecule has 0 saturated carbocycles. The molecule has 0 aromatic heterocycles. The molecular formula is C8H19N3O3. The smallest absolute Gasteiger partial charge is 0.156 e. The molecule has 6 heteroatoms. The van der Waals surface area contributed by atoms with Gasteiger partial charge in [0.1, 0.15) is 0 Å². The first kappa shape index (κ1) is 13.2. The van der Waals surface area contributed by atoms with Crippen LogP contribution in [0, 0.1) is 0 Å². The van der Waals surface area contributed by atoms with Crippen molar-refractivity contribution in [3.05, 3.63) is 0 Å². The molecule has 0 aromatic rings. The largest absolute Gasteiger partial charge is 0.409 e. The van der Waals surface area contributed by atoms with E-state index in [2.05, 4.69) is 5.16 Å². The number of rotatable bonds is 7. The summed E-state index contributed by atoms with van der Waals surface area (Å²) >= 11 is 0. The van der Waals surface area contributed by atoms with Crippen LogP contribution in [0.15, 0.2) is 5.16 Å². The van der Waals surface area contributed by atoms with Gasteiger partial charge in [-0.15, -0.1) is 0 Å². The van der Waals surface area contributed by atoms with Crippen LogP contribution in [0.2, 0.25) is 0 Å². The SMILES string of the molecule is COCCN(CCO)C(C)C(N)=NO. The summed E-state index contributed by atoms with van der Waals surface area (Å²) in [5.41, 5.74) is 5.46. The Morgan fingerprint density at radius 2 is 2.21 bits per heavy atom. The second-order valence-electron chi connectivity index (χ2n) is 2.95. The molecule has 1 atom stereocenters. The molecule has 0 aliphatic carbocycles. The van der Waals surface area contributed by atoms with Gasteiger partial charge in [0.2, 0.25) is 0 Å². The molecule has 0 fully saturated rings. The molecule has 0 rings (SSSR count). The van der Waals surface area contributed by atoms with E-state index in [1.165, 1.54) is 0 Å². The fraction of sp³-hybridized carbons (Fsp3) is 0.875. The van der Waals surface area contributed by atoms with Crippen molar-refractivity contribution in [1.29, 1.82) is 0 Å². The number of hydrogen-bond donors (Lipinski definition) is 3. The van der Waals surface area contributed by atoms with Crippen molar-refractivity contribution in [2.24, 2.45) is 10.9 Å². The van der Waals surface area contributed by atoms with Crippen LogP contribution in [-0.2, 0) is 4.74 Å². The van der Waals surface area contributed by atoms with Gasteiger partial charge in [0.15, 0.2) is 5.84 Å². The monoisotopic (exact) mass is 205 g/mol. The second-order valence-corrected chi connectivity index (χ2v) is 2.95. The van der Waals surface area contributed by atoms with Crippen LogP contribution in [0.3, 0.4) is 0 Å². The van der Waals surface area contributed by atoms with Crippen molar-refractivity contribution in [2.45, 2.75) is 13.0 Å². The molecule has 0 aliphatic heterocycles. The zero-order valence-corrected chi connectivity index (χ0v) is 8.68. The predicted octanol–water partition coefficient (Wildman–Crippen LogP) is -0.938. The third-order valence-corrected chi connectivity index (χ3v) is 2.06. The minimum absolute atomic E-state index is 0.0345. The second kappa shape index (κ2) is 7.54. The van der Waals surface area contributed by atoms with Gasteiger partial charge >= 0.3 is 0 Å². The highest BCUT2D eigenvalue weighted by Gasteiger charge is 2.16. The molecule has 14 heavy (non-hydrogen) atoms. The summed E-state index contributed by atoms with van der Waals surface area (Å²) in [6.45, 7) is 3.49. The third-order valence-electron chi connectivity index (χ3n) is 2.06. The summed E-state index contributed by atoms with van der Waals surface area (Å²) in [7, 11) is 1.60. The minimum Gasteiger partial charge on any atom is -0.409 e. The molecule has 6 nitrogen and oxygen atoms in total. The predicted molar refractivity (Wildman–Crippen MR) is 53.4 cm³/mol. The summed E-state index contributed by atoms with van der Waals surface area (Å²) < 4.78 is 4.92. The Balaban J connectivity index is 4.16. The van der Waals surface area contributed by atoms with E-state index in [0.717, 1.165) is 0 Å². The maximum atomic E-state index is 8.81. The molecule has 0 saturated heterocycles. The van der Waals surface area contributed by atoms with Crippen molar-refractivity contribution in [3.63, 3.8) is 0 Å². The van der Waals surface area contributed by atoms with Crippen LogP contribution >= 0.6 is 0 Å². The van der Waals surface area contributed by atoms with E-state index in [1.54, 1.807) is 14.0 Å². The van der Waals surface area contributed by atoms with E-state index in [-0.39, 0.29) is 18.5 Å².